The summed E-state index contributed by atoms with van der Waals surface area (Å²) in [5, 5.41) is 11.3. The van der Waals surface area contributed by atoms with Gasteiger partial charge in [-0.25, -0.2) is 18.6 Å². The number of rotatable bonds is 3. The van der Waals surface area contributed by atoms with Gasteiger partial charge in [-0.15, -0.1) is 0 Å². The van der Waals surface area contributed by atoms with Crippen LogP contribution in [0.5, 0.6) is 0 Å². The molecule has 1 heterocycles. The summed E-state index contributed by atoms with van der Waals surface area (Å²) in [7, 11) is 0. The second-order valence-corrected chi connectivity index (χ2v) is 4.24. The van der Waals surface area contributed by atoms with Gasteiger partial charge in [0.05, 0.1) is 11.1 Å². The normalized spacial score (nSPS) is 10.2. The molecular formula is C14H10F2N2O3. The van der Waals surface area contributed by atoms with E-state index in [2.05, 4.69) is 10.3 Å². The van der Waals surface area contributed by atoms with E-state index < -0.39 is 34.6 Å². The second kappa shape index (κ2) is 5.66. The van der Waals surface area contributed by atoms with E-state index >= 15 is 0 Å². The van der Waals surface area contributed by atoms with Crippen LogP contribution in [0.15, 0.2) is 30.3 Å². The second-order valence-electron chi connectivity index (χ2n) is 4.24. The monoisotopic (exact) mass is 292 g/mol. The number of halogens is 2. The Morgan fingerprint density at radius 2 is 1.76 bits per heavy atom. The number of aromatic nitrogens is 1. The highest BCUT2D eigenvalue weighted by atomic mass is 19.2. The summed E-state index contributed by atoms with van der Waals surface area (Å²) in [5.74, 6) is -4.87. The summed E-state index contributed by atoms with van der Waals surface area (Å²) in [4.78, 5) is 27.0. The number of pyridine rings is 1. The van der Waals surface area contributed by atoms with Crippen LogP contribution >= 0.6 is 0 Å². The third-order valence-corrected chi connectivity index (χ3v) is 2.67. The zero-order chi connectivity index (χ0) is 15.6. The molecule has 7 heteroatoms. The van der Waals surface area contributed by atoms with E-state index in [-0.39, 0.29) is 5.82 Å². The standard InChI is InChI=1S/C14H10F2N2O3/c1-7-3-2-4-12(17-7)18-13(19)8-5-10(15)11(16)6-9(8)14(20)21/h2-6H,1H3,(H,20,21)(H,17,18,19). The molecular weight excluding hydrogens is 282 g/mol. The fourth-order valence-corrected chi connectivity index (χ4v) is 1.71. The lowest BCUT2D eigenvalue weighted by atomic mass is 10.1. The molecule has 0 spiro atoms. The van der Waals surface area contributed by atoms with Crippen LogP contribution in [-0.4, -0.2) is 22.0 Å². The molecule has 0 bridgehead atoms. The maximum absolute atomic E-state index is 13.2. The highest BCUT2D eigenvalue weighted by Gasteiger charge is 2.20. The number of carbonyl (C=O) groups is 2. The summed E-state index contributed by atoms with van der Waals surface area (Å²) in [6, 6.07) is 5.85. The summed E-state index contributed by atoms with van der Waals surface area (Å²) in [5.41, 5.74) is -0.472. The molecule has 0 radical (unpaired) electrons. The van der Waals surface area contributed by atoms with Gasteiger partial charge in [-0.05, 0) is 31.2 Å². The molecule has 0 aliphatic carbocycles. The minimum atomic E-state index is -1.53. The topological polar surface area (TPSA) is 79.3 Å². The van der Waals surface area contributed by atoms with Gasteiger partial charge >= 0.3 is 5.97 Å². The Morgan fingerprint density at radius 3 is 2.33 bits per heavy atom. The number of hydrogen-bond donors (Lipinski definition) is 2. The average molecular weight is 292 g/mol. The van der Waals surface area contributed by atoms with Crippen molar-refractivity contribution in [3.8, 4) is 0 Å². The third kappa shape index (κ3) is 3.19. The van der Waals surface area contributed by atoms with Crippen molar-refractivity contribution in [2.75, 3.05) is 5.32 Å². The van der Waals surface area contributed by atoms with E-state index in [1.54, 1.807) is 19.1 Å². The molecule has 1 aromatic carbocycles. The third-order valence-electron chi connectivity index (χ3n) is 2.67. The molecule has 0 fully saturated rings. The van der Waals surface area contributed by atoms with Crippen molar-refractivity contribution in [1.29, 1.82) is 0 Å². The molecule has 0 aliphatic heterocycles. The van der Waals surface area contributed by atoms with Gasteiger partial charge in [-0.3, -0.25) is 4.79 Å². The first-order valence-corrected chi connectivity index (χ1v) is 5.86. The first-order valence-electron chi connectivity index (χ1n) is 5.86. The number of nitrogens with one attached hydrogen (secondary N) is 1. The molecule has 0 aliphatic rings. The van der Waals surface area contributed by atoms with Gasteiger partial charge in [0.1, 0.15) is 5.82 Å². The number of aryl methyl sites for hydroxylation is 1. The number of carboxylic acids is 1. The lowest BCUT2D eigenvalue weighted by Gasteiger charge is -2.08. The average Bonchev–Trinajstić information content (AvgIpc) is 2.41. The van der Waals surface area contributed by atoms with Crippen molar-refractivity contribution in [3.05, 3.63) is 58.8 Å². The number of benzene rings is 1. The minimum absolute atomic E-state index is 0.182. The Hall–Kier alpha value is -2.83. The molecule has 1 amide bonds. The molecule has 108 valence electrons. The zero-order valence-electron chi connectivity index (χ0n) is 10.9. The van der Waals surface area contributed by atoms with Crippen LogP contribution in [0, 0.1) is 18.6 Å². The minimum Gasteiger partial charge on any atom is -0.478 e. The molecule has 2 rings (SSSR count). The van der Waals surface area contributed by atoms with Gasteiger partial charge in [0.15, 0.2) is 11.6 Å². The van der Waals surface area contributed by atoms with E-state index in [4.69, 9.17) is 5.11 Å². The number of carbonyl (C=O) groups excluding carboxylic acids is 1. The molecule has 1 aromatic heterocycles. The van der Waals surface area contributed by atoms with Crippen molar-refractivity contribution < 1.29 is 23.5 Å². The van der Waals surface area contributed by atoms with E-state index in [1.165, 1.54) is 6.07 Å². The largest absolute Gasteiger partial charge is 0.478 e. The van der Waals surface area contributed by atoms with E-state index in [0.717, 1.165) is 0 Å². The van der Waals surface area contributed by atoms with Crippen molar-refractivity contribution in [2.24, 2.45) is 0 Å². The van der Waals surface area contributed by atoms with Gasteiger partial charge < -0.3 is 10.4 Å². The smallest absolute Gasteiger partial charge is 0.336 e. The van der Waals surface area contributed by atoms with Gasteiger partial charge in [-0.1, -0.05) is 6.07 Å². The lowest BCUT2D eigenvalue weighted by molar-refractivity contribution is 0.0691. The molecule has 21 heavy (non-hydrogen) atoms. The van der Waals surface area contributed by atoms with Crippen LogP contribution in [0.4, 0.5) is 14.6 Å². The summed E-state index contributed by atoms with van der Waals surface area (Å²) in [6.07, 6.45) is 0. The fraction of sp³-hybridized carbons (Fsp3) is 0.0714. The number of anilines is 1. The SMILES string of the molecule is Cc1cccc(NC(=O)c2cc(F)c(F)cc2C(=O)O)n1. The van der Waals surface area contributed by atoms with Crippen LogP contribution in [0.1, 0.15) is 26.4 Å². The molecule has 2 aromatic rings. The quantitative estimate of drug-likeness (QED) is 0.911. The summed E-state index contributed by atoms with van der Waals surface area (Å²) >= 11 is 0. The van der Waals surface area contributed by atoms with Crippen LogP contribution < -0.4 is 5.32 Å². The van der Waals surface area contributed by atoms with Crippen LogP contribution in [-0.2, 0) is 0 Å². The lowest BCUT2D eigenvalue weighted by Crippen LogP contribution is -2.18. The van der Waals surface area contributed by atoms with Crippen molar-refractivity contribution in [2.45, 2.75) is 6.92 Å². The van der Waals surface area contributed by atoms with Crippen LogP contribution in [0.25, 0.3) is 0 Å². The van der Waals surface area contributed by atoms with E-state index in [0.29, 0.717) is 17.8 Å². The van der Waals surface area contributed by atoms with Crippen molar-refractivity contribution in [3.63, 3.8) is 0 Å². The van der Waals surface area contributed by atoms with Gasteiger partial charge in [0, 0.05) is 5.69 Å². The number of nitrogens with zero attached hydrogens (tertiary/aromatic N) is 1. The summed E-state index contributed by atoms with van der Waals surface area (Å²) in [6.45, 7) is 1.70. The number of hydrogen-bond acceptors (Lipinski definition) is 3. The Morgan fingerprint density at radius 1 is 1.14 bits per heavy atom. The molecule has 0 saturated heterocycles. The van der Waals surface area contributed by atoms with E-state index in [9.17, 15) is 18.4 Å². The van der Waals surface area contributed by atoms with E-state index in [1.807, 2.05) is 0 Å². The first-order chi connectivity index (χ1) is 9.88. The van der Waals surface area contributed by atoms with Crippen LogP contribution in [0.2, 0.25) is 0 Å². The number of carboxylic acid groups (broad SMARTS) is 1. The first kappa shape index (κ1) is 14.6. The van der Waals surface area contributed by atoms with Gasteiger partial charge in [0.25, 0.3) is 5.91 Å². The van der Waals surface area contributed by atoms with Gasteiger partial charge in [-0.2, -0.15) is 0 Å². The van der Waals surface area contributed by atoms with Crippen LogP contribution in [0.3, 0.4) is 0 Å². The zero-order valence-corrected chi connectivity index (χ0v) is 10.9. The maximum atomic E-state index is 13.2. The molecule has 0 saturated carbocycles. The maximum Gasteiger partial charge on any atom is 0.336 e. The highest BCUT2D eigenvalue weighted by molar-refractivity contribution is 6.10. The van der Waals surface area contributed by atoms with Gasteiger partial charge in [0.2, 0.25) is 0 Å². The predicted octanol–water partition coefficient (Wildman–Crippen LogP) is 2.62. The Labute approximate surface area is 118 Å². The highest BCUT2D eigenvalue weighted by Crippen LogP contribution is 2.17. The Kier molecular flexibility index (Phi) is 3.93. The molecule has 2 N–H and O–H groups in total. The predicted molar refractivity (Wildman–Crippen MR) is 70.2 cm³/mol. The fourth-order valence-electron chi connectivity index (χ4n) is 1.71. The van der Waals surface area contributed by atoms with Crippen molar-refractivity contribution >= 4 is 17.7 Å². The molecule has 0 unspecified atom stereocenters. The molecule has 5 nitrogen and oxygen atoms in total. The Balaban J connectivity index is 2.39. The number of amides is 1. The Bertz CT molecular complexity index is 732. The van der Waals surface area contributed by atoms with Crippen molar-refractivity contribution in [1.82, 2.24) is 4.98 Å². The molecule has 0 atom stereocenters. The summed E-state index contributed by atoms with van der Waals surface area (Å²) < 4.78 is 26.3. The number of aromatic carboxylic acids is 1.